The summed E-state index contributed by atoms with van der Waals surface area (Å²) >= 11 is 0. The third-order valence-electron chi connectivity index (χ3n) is 3.90. The lowest BCUT2D eigenvalue weighted by atomic mass is 9.81. The van der Waals surface area contributed by atoms with Gasteiger partial charge in [-0.2, -0.15) is 0 Å². The highest BCUT2D eigenvalue weighted by Gasteiger charge is 2.30. The van der Waals surface area contributed by atoms with Gasteiger partial charge in [-0.15, -0.1) is 0 Å². The number of amides is 1. The van der Waals surface area contributed by atoms with Crippen molar-refractivity contribution in [2.45, 2.75) is 44.8 Å². The van der Waals surface area contributed by atoms with Crippen LogP contribution in [0.15, 0.2) is 42.2 Å². The van der Waals surface area contributed by atoms with E-state index in [9.17, 15) is 4.79 Å². The van der Waals surface area contributed by atoms with Gasteiger partial charge in [-0.05, 0) is 43.7 Å². The molecule has 1 aliphatic carbocycles. The molecule has 0 bridgehead atoms. The van der Waals surface area contributed by atoms with E-state index in [0.717, 1.165) is 31.2 Å². The van der Waals surface area contributed by atoms with Crippen LogP contribution in [0.5, 0.6) is 0 Å². The van der Waals surface area contributed by atoms with Crippen LogP contribution in [-0.2, 0) is 16.1 Å². The van der Waals surface area contributed by atoms with E-state index in [1.807, 2.05) is 36.6 Å². The fraction of sp³-hybridized carbons (Fsp3) is 0.471. The molecule has 1 aromatic carbocycles. The molecular formula is C17H23NO3. The normalized spacial score (nSPS) is 21.5. The summed E-state index contributed by atoms with van der Waals surface area (Å²) < 4.78 is 10.3. The molecule has 1 aromatic rings. The van der Waals surface area contributed by atoms with Gasteiger partial charge < -0.3 is 14.8 Å². The number of allylic oxidation sites excluding steroid dienone is 1. The van der Waals surface area contributed by atoms with E-state index >= 15 is 0 Å². The van der Waals surface area contributed by atoms with Crippen molar-refractivity contribution in [3.05, 3.63) is 47.7 Å². The van der Waals surface area contributed by atoms with Crippen LogP contribution in [0.2, 0.25) is 0 Å². The molecule has 0 radical (unpaired) electrons. The number of methoxy groups -OCH3 is 1. The van der Waals surface area contributed by atoms with Crippen LogP contribution in [0.4, 0.5) is 4.79 Å². The number of rotatable bonds is 4. The smallest absolute Gasteiger partial charge is 0.407 e. The molecule has 0 spiro atoms. The average Bonchev–Trinajstić information content (AvgIpc) is 2.49. The molecule has 4 nitrogen and oxygen atoms in total. The summed E-state index contributed by atoms with van der Waals surface area (Å²) in [5, 5.41) is 3.00. The van der Waals surface area contributed by atoms with E-state index in [1.54, 1.807) is 7.11 Å². The van der Waals surface area contributed by atoms with Crippen LogP contribution in [0.3, 0.4) is 0 Å². The molecule has 21 heavy (non-hydrogen) atoms. The van der Waals surface area contributed by atoms with E-state index in [4.69, 9.17) is 9.47 Å². The predicted molar refractivity (Wildman–Crippen MR) is 81.7 cm³/mol. The van der Waals surface area contributed by atoms with Gasteiger partial charge in [0.05, 0.1) is 13.4 Å². The highest BCUT2D eigenvalue weighted by atomic mass is 16.5. The highest BCUT2D eigenvalue weighted by Crippen LogP contribution is 2.31. The van der Waals surface area contributed by atoms with Gasteiger partial charge in [-0.25, -0.2) is 4.79 Å². The Morgan fingerprint density at radius 1 is 1.29 bits per heavy atom. The molecule has 0 unspecified atom stereocenters. The van der Waals surface area contributed by atoms with Gasteiger partial charge in [-0.3, -0.25) is 0 Å². The van der Waals surface area contributed by atoms with Crippen LogP contribution in [0.1, 0.15) is 38.2 Å². The molecule has 114 valence electrons. The minimum absolute atomic E-state index is 0.196. The van der Waals surface area contributed by atoms with Gasteiger partial charge >= 0.3 is 6.09 Å². The summed E-state index contributed by atoms with van der Waals surface area (Å²) in [4.78, 5) is 11.9. The van der Waals surface area contributed by atoms with Gasteiger partial charge in [0.25, 0.3) is 0 Å². The van der Waals surface area contributed by atoms with E-state index in [0.29, 0.717) is 6.61 Å². The summed E-state index contributed by atoms with van der Waals surface area (Å²) in [7, 11) is 1.67. The topological polar surface area (TPSA) is 47.6 Å². The maximum Gasteiger partial charge on any atom is 0.407 e. The third kappa shape index (κ3) is 4.81. The Bertz CT molecular complexity index is 486. The van der Waals surface area contributed by atoms with E-state index in [1.165, 1.54) is 5.57 Å². The Balaban J connectivity index is 1.78. The SMILES string of the molecule is COC=C1CCC(C)(NC(=O)OCc2ccccc2)CC1. The summed E-state index contributed by atoms with van der Waals surface area (Å²) in [6, 6.07) is 9.69. The van der Waals surface area contributed by atoms with Crippen LogP contribution < -0.4 is 5.32 Å². The minimum Gasteiger partial charge on any atom is -0.504 e. The summed E-state index contributed by atoms with van der Waals surface area (Å²) in [5.41, 5.74) is 2.10. The lowest BCUT2D eigenvalue weighted by Crippen LogP contribution is -2.47. The Morgan fingerprint density at radius 3 is 2.57 bits per heavy atom. The van der Waals surface area contributed by atoms with Gasteiger partial charge in [0.1, 0.15) is 6.61 Å². The maximum absolute atomic E-state index is 11.9. The van der Waals surface area contributed by atoms with Gasteiger partial charge in [0, 0.05) is 5.54 Å². The Morgan fingerprint density at radius 2 is 1.95 bits per heavy atom. The Hall–Kier alpha value is -1.97. The second-order valence-electron chi connectivity index (χ2n) is 5.76. The molecule has 0 saturated heterocycles. The number of benzene rings is 1. The molecular weight excluding hydrogens is 266 g/mol. The van der Waals surface area contributed by atoms with Crippen LogP contribution in [0, 0.1) is 0 Å². The number of hydrogen-bond acceptors (Lipinski definition) is 3. The van der Waals surface area contributed by atoms with Crippen LogP contribution in [0.25, 0.3) is 0 Å². The number of carbonyl (C=O) groups excluding carboxylic acids is 1. The molecule has 0 heterocycles. The lowest BCUT2D eigenvalue weighted by molar-refractivity contribution is 0.123. The largest absolute Gasteiger partial charge is 0.504 e. The van der Waals surface area contributed by atoms with Crippen molar-refractivity contribution in [2.24, 2.45) is 0 Å². The first-order valence-corrected chi connectivity index (χ1v) is 7.31. The van der Waals surface area contributed by atoms with Crippen LogP contribution in [-0.4, -0.2) is 18.7 Å². The van der Waals surface area contributed by atoms with Crippen molar-refractivity contribution in [3.63, 3.8) is 0 Å². The van der Waals surface area contributed by atoms with Gasteiger partial charge in [-0.1, -0.05) is 30.3 Å². The quantitative estimate of drug-likeness (QED) is 0.858. The first kappa shape index (κ1) is 15.4. The van der Waals surface area contributed by atoms with E-state index < -0.39 is 0 Å². The number of alkyl carbamates (subject to hydrolysis) is 1. The van der Waals surface area contributed by atoms with Gasteiger partial charge in [0.2, 0.25) is 0 Å². The fourth-order valence-electron chi connectivity index (χ4n) is 2.54. The molecule has 1 aliphatic rings. The number of hydrogen-bond donors (Lipinski definition) is 1. The summed E-state index contributed by atoms with van der Waals surface area (Å²) in [6.45, 7) is 2.37. The maximum atomic E-state index is 11.9. The second-order valence-corrected chi connectivity index (χ2v) is 5.76. The number of nitrogens with one attached hydrogen (secondary N) is 1. The van der Waals surface area contributed by atoms with Crippen molar-refractivity contribution >= 4 is 6.09 Å². The number of carbonyl (C=O) groups is 1. The van der Waals surface area contributed by atoms with E-state index in [-0.39, 0.29) is 11.6 Å². The molecule has 1 amide bonds. The highest BCUT2D eigenvalue weighted by molar-refractivity contribution is 5.68. The standard InChI is InChI=1S/C17H23NO3/c1-17(10-8-15(9-11-17)12-20-2)18-16(19)21-13-14-6-4-3-5-7-14/h3-7,12H,8-11,13H2,1-2H3,(H,18,19). The molecule has 0 atom stereocenters. The molecule has 1 fully saturated rings. The van der Waals surface area contributed by atoms with Crippen molar-refractivity contribution in [3.8, 4) is 0 Å². The lowest BCUT2D eigenvalue weighted by Gasteiger charge is -2.35. The van der Waals surface area contributed by atoms with Crippen molar-refractivity contribution in [2.75, 3.05) is 7.11 Å². The minimum atomic E-state index is -0.347. The zero-order chi connectivity index (χ0) is 15.1. The molecule has 0 aliphatic heterocycles. The van der Waals surface area contributed by atoms with Crippen molar-refractivity contribution < 1.29 is 14.3 Å². The summed E-state index contributed by atoms with van der Waals surface area (Å²) in [6.07, 6.45) is 5.17. The van der Waals surface area contributed by atoms with Crippen molar-refractivity contribution in [1.29, 1.82) is 0 Å². The Kier molecular flexibility index (Phi) is 5.26. The van der Waals surface area contributed by atoms with Gasteiger partial charge in [0.15, 0.2) is 0 Å². The second kappa shape index (κ2) is 7.16. The molecule has 1 N–H and O–H groups in total. The molecule has 4 heteroatoms. The first-order valence-electron chi connectivity index (χ1n) is 7.31. The average molecular weight is 289 g/mol. The monoisotopic (exact) mass is 289 g/mol. The van der Waals surface area contributed by atoms with Crippen molar-refractivity contribution in [1.82, 2.24) is 5.32 Å². The first-order chi connectivity index (χ1) is 10.1. The Labute approximate surface area is 126 Å². The third-order valence-corrected chi connectivity index (χ3v) is 3.90. The fourth-order valence-corrected chi connectivity index (χ4v) is 2.54. The summed E-state index contributed by atoms with van der Waals surface area (Å²) in [5.74, 6) is 0. The van der Waals surface area contributed by atoms with E-state index in [2.05, 4.69) is 12.2 Å². The zero-order valence-electron chi connectivity index (χ0n) is 12.7. The number of ether oxygens (including phenoxy) is 2. The predicted octanol–water partition coefficient (Wildman–Crippen LogP) is 3.78. The zero-order valence-corrected chi connectivity index (χ0v) is 12.7. The molecule has 1 saturated carbocycles. The van der Waals surface area contributed by atoms with Crippen LogP contribution >= 0.6 is 0 Å². The molecule has 2 rings (SSSR count). The molecule has 0 aromatic heterocycles.